The Labute approximate surface area is 91.6 Å². The van der Waals surface area contributed by atoms with Gasteiger partial charge in [-0.1, -0.05) is 0 Å². The van der Waals surface area contributed by atoms with Gasteiger partial charge in [-0.25, -0.2) is 0 Å². The van der Waals surface area contributed by atoms with Crippen molar-refractivity contribution in [2.75, 3.05) is 13.1 Å². The lowest BCUT2D eigenvalue weighted by molar-refractivity contribution is -0.126. The molecule has 0 aliphatic rings. The van der Waals surface area contributed by atoms with Crippen molar-refractivity contribution in [3.8, 4) is 0 Å². The lowest BCUT2D eigenvalue weighted by Gasteiger charge is -2.16. The lowest BCUT2D eigenvalue weighted by Crippen LogP contribution is -2.35. The molecular formula is C9H15F3N4. The predicted molar refractivity (Wildman–Crippen MR) is 53.8 cm³/mol. The molecule has 16 heavy (non-hydrogen) atoms. The van der Waals surface area contributed by atoms with E-state index in [9.17, 15) is 13.2 Å². The Morgan fingerprint density at radius 2 is 2.25 bits per heavy atom. The molecule has 0 aliphatic heterocycles. The van der Waals surface area contributed by atoms with Crippen LogP contribution in [0.4, 0.5) is 13.2 Å². The number of nitrogens with zero attached hydrogens (tertiary/aromatic N) is 2. The zero-order valence-corrected chi connectivity index (χ0v) is 8.96. The minimum atomic E-state index is -4.23. The minimum Gasteiger partial charge on any atom is -0.329 e. The number of alkyl halides is 3. The molecule has 1 atom stereocenters. The van der Waals surface area contributed by atoms with Gasteiger partial charge in [0.2, 0.25) is 0 Å². The molecule has 1 rings (SSSR count). The van der Waals surface area contributed by atoms with Crippen LogP contribution < -0.4 is 11.1 Å². The molecule has 1 aromatic rings. The third kappa shape index (κ3) is 3.82. The van der Waals surface area contributed by atoms with Crippen molar-refractivity contribution in [1.29, 1.82) is 0 Å². The highest BCUT2D eigenvalue weighted by Gasteiger charge is 2.28. The first kappa shape index (κ1) is 13.0. The van der Waals surface area contributed by atoms with Crippen molar-refractivity contribution >= 4 is 0 Å². The molecule has 0 spiro atoms. The van der Waals surface area contributed by atoms with E-state index in [4.69, 9.17) is 5.73 Å². The molecule has 4 nitrogen and oxygen atoms in total. The summed E-state index contributed by atoms with van der Waals surface area (Å²) in [6, 6.07) is -0.512. The second kappa shape index (κ2) is 5.31. The Bertz CT molecular complexity index is 321. The Balaban J connectivity index is 2.60. The van der Waals surface area contributed by atoms with Crippen LogP contribution in [0.25, 0.3) is 0 Å². The standard InChI is InChI=1S/C9H15F3N4/c1-2-16-5-7(4-15-16)8(3-13)14-6-9(10,11)12/h4-5,8,14H,2-3,6,13H2,1H3. The molecular weight excluding hydrogens is 221 g/mol. The van der Waals surface area contributed by atoms with Gasteiger partial charge in [0.25, 0.3) is 0 Å². The smallest absolute Gasteiger partial charge is 0.329 e. The molecule has 3 N–H and O–H groups in total. The lowest BCUT2D eigenvalue weighted by atomic mass is 10.1. The SMILES string of the molecule is CCn1cc(C(CN)NCC(F)(F)F)cn1. The van der Waals surface area contributed by atoms with Crippen LogP contribution in [0, 0.1) is 0 Å². The molecule has 1 unspecified atom stereocenters. The molecule has 0 aliphatic carbocycles. The fourth-order valence-electron chi connectivity index (χ4n) is 1.31. The first-order valence-corrected chi connectivity index (χ1v) is 4.98. The largest absolute Gasteiger partial charge is 0.401 e. The van der Waals surface area contributed by atoms with Crippen LogP contribution in [0.15, 0.2) is 12.4 Å². The van der Waals surface area contributed by atoms with Gasteiger partial charge >= 0.3 is 6.18 Å². The van der Waals surface area contributed by atoms with Crippen LogP contribution in [0.2, 0.25) is 0 Å². The molecule has 0 fully saturated rings. The number of halogens is 3. The maximum Gasteiger partial charge on any atom is 0.401 e. The van der Waals surface area contributed by atoms with Crippen molar-refractivity contribution in [3.05, 3.63) is 18.0 Å². The number of aryl methyl sites for hydroxylation is 1. The Hall–Kier alpha value is -1.08. The normalized spacial score (nSPS) is 14.1. The van der Waals surface area contributed by atoms with E-state index in [-0.39, 0.29) is 6.54 Å². The molecule has 0 saturated carbocycles. The van der Waals surface area contributed by atoms with E-state index in [1.54, 1.807) is 10.9 Å². The van der Waals surface area contributed by atoms with E-state index in [1.165, 1.54) is 6.20 Å². The van der Waals surface area contributed by atoms with Crippen LogP contribution in [-0.2, 0) is 6.54 Å². The Kier molecular flexibility index (Phi) is 4.31. The van der Waals surface area contributed by atoms with Crippen LogP contribution in [0.3, 0.4) is 0 Å². The van der Waals surface area contributed by atoms with Gasteiger partial charge in [0.1, 0.15) is 0 Å². The van der Waals surface area contributed by atoms with Crippen LogP contribution >= 0.6 is 0 Å². The van der Waals surface area contributed by atoms with Crippen molar-refractivity contribution in [2.24, 2.45) is 5.73 Å². The average Bonchev–Trinajstić information content (AvgIpc) is 2.65. The zero-order valence-electron chi connectivity index (χ0n) is 8.96. The minimum absolute atomic E-state index is 0.103. The Morgan fingerprint density at radius 3 is 2.69 bits per heavy atom. The number of rotatable bonds is 5. The predicted octanol–water partition coefficient (Wildman–Crippen LogP) is 1.05. The molecule has 1 heterocycles. The summed E-state index contributed by atoms with van der Waals surface area (Å²) in [6.45, 7) is 1.63. The van der Waals surface area contributed by atoms with Crippen molar-refractivity contribution in [2.45, 2.75) is 25.7 Å². The van der Waals surface area contributed by atoms with Crippen LogP contribution in [-0.4, -0.2) is 29.0 Å². The summed E-state index contributed by atoms with van der Waals surface area (Å²) in [6.07, 6.45) is -1.00. The number of nitrogens with one attached hydrogen (secondary N) is 1. The molecule has 0 aromatic carbocycles. The molecule has 0 saturated heterocycles. The highest BCUT2D eigenvalue weighted by molar-refractivity contribution is 5.10. The van der Waals surface area contributed by atoms with Gasteiger partial charge in [-0.3, -0.25) is 4.68 Å². The van der Waals surface area contributed by atoms with Crippen LogP contribution in [0.5, 0.6) is 0 Å². The Morgan fingerprint density at radius 1 is 1.56 bits per heavy atom. The van der Waals surface area contributed by atoms with Gasteiger partial charge < -0.3 is 11.1 Å². The topological polar surface area (TPSA) is 55.9 Å². The number of hydrogen-bond acceptors (Lipinski definition) is 3. The summed E-state index contributed by atoms with van der Waals surface area (Å²) in [5, 5.41) is 6.35. The first-order chi connectivity index (χ1) is 7.46. The van der Waals surface area contributed by atoms with E-state index in [1.807, 2.05) is 6.92 Å². The summed E-state index contributed by atoms with van der Waals surface area (Å²) in [4.78, 5) is 0. The molecule has 0 bridgehead atoms. The van der Waals surface area contributed by atoms with E-state index in [0.29, 0.717) is 12.1 Å². The number of nitrogens with two attached hydrogens (primary N) is 1. The summed E-state index contributed by atoms with van der Waals surface area (Å²) >= 11 is 0. The molecule has 0 amide bonds. The second-order valence-corrected chi connectivity index (χ2v) is 3.41. The molecule has 7 heteroatoms. The maximum absolute atomic E-state index is 12.0. The van der Waals surface area contributed by atoms with Gasteiger partial charge in [-0.05, 0) is 6.92 Å². The highest BCUT2D eigenvalue weighted by atomic mass is 19.4. The van der Waals surface area contributed by atoms with Gasteiger partial charge in [0, 0.05) is 30.9 Å². The number of aromatic nitrogens is 2. The second-order valence-electron chi connectivity index (χ2n) is 3.41. The summed E-state index contributed by atoms with van der Waals surface area (Å²) in [5.41, 5.74) is 6.09. The monoisotopic (exact) mass is 236 g/mol. The third-order valence-electron chi connectivity index (χ3n) is 2.16. The van der Waals surface area contributed by atoms with Crippen molar-refractivity contribution in [1.82, 2.24) is 15.1 Å². The highest BCUT2D eigenvalue weighted by Crippen LogP contribution is 2.16. The van der Waals surface area contributed by atoms with Crippen molar-refractivity contribution < 1.29 is 13.2 Å². The van der Waals surface area contributed by atoms with Gasteiger partial charge in [-0.15, -0.1) is 0 Å². The molecule has 0 radical (unpaired) electrons. The first-order valence-electron chi connectivity index (χ1n) is 4.98. The quantitative estimate of drug-likeness (QED) is 0.803. The molecule has 1 aromatic heterocycles. The van der Waals surface area contributed by atoms with Crippen LogP contribution in [0.1, 0.15) is 18.5 Å². The zero-order chi connectivity index (χ0) is 12.2. The molecule has 92 valence electrons. The van der Waals surface area contributed by atoms with Crippen molar-refractivity contribution in [3.63, 3.8) is 0 Å². The third-order valence-corrected chi connectivity index (χ3v) is 2.16. The average molecular weight is 236 g/mol. The summed E-state index contributed by atoms with van der Waals surface area (Å²) < 4.78 is 37.7. The van der Waals surface area contributed by atoms with E-state index >= 15 is 0 Å². The van der Waals surface area contributed by atoms with Gasteiger partial charge in [0.15, 0.2) is 0 Å². The summed E-state index contributed by atoms with van der Waals surface area (Å²) in [5.74, 6) is 0. The van der Waals surface area contributed by atoms with Gasteiger partial charge in [0.05, 0.1) is 12.7 Å². The van der Waals surface area contributed by atoms with Gasteiger partial charge in [-0.2, -0.15) is 18.3 Å². The van der Waals surface area contributed by atoms with E-state index in [2.05, 4.69) is 10.4 Å². The summed E-state index contributed by atoms with van der Waals surface area (Å²) in [7, 11) is 0. The maximum atomic E-state index is 12.0. The number of hydrogen-bond donors (Lipinski definition) is 2. The fourth-order valence-corrected chi connectivity index (χ4v) is 1.31. The van der Waals surface area contributed by atoms with E-state index in [0.717, 1.165) is 0 Å². The fraction of sp³-hybridized carbons (Fsp3) is 0.667. The van der Waals surface area contributed by atoms with E-state index < -0.39 is 18.8 Å².